The van der Waals surface area contributed by atoms with E-state index in [1.807, 2.05) is 32.2 Å². The molecule has 0 amide bonds. The van der Waals surface area contributed by atoms with E-state index < -0.39 is 0 Å². The van der Waals surface area contributed by atoms with Crippen molar-refractivity contribution in [2.75, 3.05) is 19.5 Å². The van der Waals surface area contributed by atoms with Crippen LogP contribution in [0.4, 0.5) is 5.82 Å². The number of ether oxygens (including phenoxy) is 1. The minimum absolute atomic E-state index is 0.646. The van der Waals surface area contributed by atoms with Crippen LogP contribution in [0.2, 0.25) is 5.02 Å². The van der Waals surface area contributed by atoms with Gasteiger partial charge in [0.2, 0.25) is 0 Å². The summed E-state index contributed by atoms with van der Waals surface area (Å²) in [6.07, 6.45) is 0. The van der Waals surface area contributed by atoms with Crippen LogP contribution in [0.1, 0.15) is 5.82 Å². The molecule has 0 spiro atoms. The highest BCUT2D eigenvalue weighted by Crippen LogP contribution is 2.32. The van der Waals surface area contributed by atoms with Gasteiger partial charge in [0.25, 0.3) is 0 Å². The first-order valence-electron chi connectivity index (χ1n) is 5.51. The predicted octanol–water partition coefficient (Wildman–Crippen LogP) is 3.16. The molecule has 18 heavy (non-hydrogen) atoms. The number of aryl methyl sites for hydroxylation is 1. The van der Waals surface area contributed by atoms with Crippen molar-refractivity contribution < 1.29 is 4.74 Å². The molecule has 0 bridgehead atoms. The summed E-state index contributed by atoms with van der Waals surface area (Å²) in [5.41, 5.74) is 1.64. The van der Waals surface area contributed by atoms with Crippen LogP contribution >= 0.6 is 11.6 Å². The summed E-state index contributed by atoms with van der Waals surface area (Å²) < 4.78 is 5.33. The molecule has 1 N–H and O–H groups in total. The summed E-state index contributed by atoms with van der Waals surface area (Å²) in [6.45, 7) is 1.85. The molecule has 0 atom stereocenters. The lowest BCUT2D eigenvalue weighted by Crippen LogP contribution is -1.99. The van der Waals surface area contributed by atoms with Crippen molar-refractivity contribution in [3.8, 4) is 17.0 Å². The lowest BCUT2D eigenvalue weighted by molar-refractivity contribution is 0.416. The standard InChI is InChI=1S/C13H14ClN3O/c1-8-16-11(7-13(15-2)17-8)10-6-9(14)4-5-12(10)18-3/h4-7H,1-3H3,(H,15,16,17). The summed E-state index contributed by atoms with van der Waals surface area (Å²) in [5.74, 6) is 2.19. The van der Waals surface area contributed by atoms with Gasteiger partial charge in [0.15, 0.2) is 0 Å². The zero-order valence-electron chi connectivity index (χ0n) is 10.5. The molecule has 0 aliphatic rings. The highest BCUT2D eigenvalue weighted by Gasteiger charge is 2.10. The fraction of sp³-hybridized carbons (Fsp3) is 0.231. The van der Waals surface area contributed by atoms with Crippen LogP contribution in [0.15, 0.2) is 24.3 Å². The molecule has 0 saturated heterocycles. The van der Waals surface area contributed by atoms with E-state index in [9.17, 15) is 0 Å². The highest BCUT2D eigenvalue weighted by atomic mass is 35.5. The fourth-order valence-corrected chi connectivity index (χ4v) is 1.89. The Hall–Kier alpha value is -1.81. The summed E-state index contributed by atoms with van der Waals surface area (Å²) in [7, 11) is 3.44. The zero-order chi connectivity index (χ0) is 13.1. The van der Waals surface area contributed by atoms with E-state index in [2.05, 4.69) is 15.3 Å². The van der Waals surface area contributed by atoms with Crippen LogP contribution < -0.4 is 10.1 Å². The van der Waals surface area contributed by atoms with Gasteiger partial charge in [0.05, 0.1) is 12.8 Å². The number of nitrogens with one attached hydrogen (secondary N) is 1. The third-order valence-corrected chi connectivity index (χ3v) is 2.77. The SMILES string of the molecule is CNc1cc(-c2cc(Cl)ccc2OC)nc(C)n1. The Bertz CT molecular complexity index is 572. The summed E-state index contributed by atoms with van der Waals surface area (Å²) in [4.78, 5) is 8.67. The second-order valence-electron chi connectivity index (χ2n) is 3.78. The maximum absolute atomic E-state index is 6.02. The minimum Gasteiger partial charge on any atom is -0.496 e. The molecule has 2 aromatic rings. The molecule has 0 aliphatic heterocycles. The molecule has 1 aromatic carbocycles. The molecule has 0 aliphatic carbocycles. The first-order valence-corrected chi connectivity index (χ1v) is 5.89. The van der Waals surface area contributed by atoms with E-state index in [1.165, 1.54) is 0 Å². The van der Waals surface area contributed by atoms with Crippen LogP contribution in [0.3, 0.4) is 0 Å². The number of aromatic nitrogens is 2. The van der Waals surface area contributed by atoms with Crippen molar-refractivity contribution in [1.82, 2.24) is 9.97 Å². The second kappa shape index (κ2) is 5.23. The molecule has 2 rings (SSSR count). The molecule has 0 unspecified atom stereocenters. The first kappa shape index (κ1) is 12.6. The van der Waals surface area contributed by atoms with Crippen LogP contribution in [0.5, 0.6) is 5.75 Å². The van der Waals surface area contributed by atoms with Gasteiger partial charge in [-0.2, -0.15) is 0 Å². The van der Waals surface area contributed by atoms with Crippen LogP contribution in [-0.2, 0) is 0 Å². The van der Waals surface area contributed by atoms with Gasteiger partial charge in [-0.15, -0.1) is 0 Å². The van der Waals surface area contributed by atoms with Crippen molar-refractivity contribution in [3.63, 3.8) is 0 Å². The van der Waals surface area contributed by atoms with Crippen LogP contribution in [0, 0.1) is 6.92 Å². The van der Waals surface area contributed by atoms with Crippen molar-refractivity contribution >= 4 is 17.4 Å². The number of hydrogen-bond donors (Lipinski definition) is 1. The van der Waals surface area contributed by atoms with Gasteiger partial charge in [0.1, 0.15) is 17.4 Å². The molecule has 1 aromatic heterocycles. The fourth-order valence-electron chi connectivity index (χ4n) is 1.71. The molecule has 0 radical (unpaired) electrons. The monoisotopic (exact) mass is 263 g/mol. The van der Waals surface area contributed by atoms with Crippen molar-refractivity contribution in [1.29, 1.82) is 0 Å². The second-order valence-corrected chi connectivity index (χ2v) is 4.22. The molecule has 4 nitrogen and oxygen atoms in total. The first-order chi connectivity index (χ1) is 8.63. The number of benzene rings is 1. The van der Waals surface area contributed by atoms with Gasteiger partial charge in [-0.25, -0.2) is 9.97 Å². The quantitative estimate of drug-likeness (QED) is 0.924. The number of methoxy groups -OCH3 is 1. The smallest absolute Gasteiger partial charge is 0.130 e. The lowest BCUT2D eigenvalue weighted by atomic mass is 10.1. The number of nitrogens with zero attached hydrogens (tertiary/aromatic N) is 2. The third kappa shape index (κ3) is 2.54. The Kier molecular flexibility index (Phi) is 3.67. The van der Waals surface area contributed by atoms with Gasteiger partial charge in [-0.3, -0.25) is 0 Å². The Balaban J connectivity index is 2.60. The van der Waals surface area contributed by atoms with E-state index in [4.69, 9.17) is 16.3 Å². The molecule has 0 fully saturated rings. The van der Waals surface area contributed by atoms with Crippen LogP contribution in [0.25, 0.3) is 11.3 Å². The van der Waals surface area contributed by atoms with Crippen molar-refractivity contribution in [2.45, 2.75) is 6.92 Å². The average Bonchev–Trinajstić information content (AvgIpc) is 2.38. The maximum Gasteiger partial charge on any atom is 0.130 e. The van der Waals surface area contributed by atoms with Crippen molar-refractivity contribution in [3.05, 3.63) is 35.1 Å². The summed E-state index contributed by atoms with van der Waals surface area (Å²) in [5, 5.41) is 3.65. The summed E-state index contributed by atoms with van der Waals surface area (Å²) >= 11 is 6.02. The van der Waals surface area contributed by atoms with Gasteiger partial charge in [-0.1, -0.05) is 11.6 Å². The van der Waals surface area contributed by atoms with E-state index in [0.717, 1.165) is 22.8 Å². The van der Waals surface area contributed by atoms with E-state index >= 15 is 0 Å². The molecular formula is C13H14ClN3O. The predicted molar refractivity (Wildman–Crippen MR) is 73.3 cm³/mol. The minimum atomic E-state index is 0.646. The third-order valence-electron chi connectivity index (χ3n) is 2.53. The zero-order valence-corrected chi connectivity index (χ0v) is 11.2. The number of rotatable bonds is 3. The van der Waals surface area contributed by atoms with Crippen LogP contribution in [-0.4, -0.2) is 24.1 Å². The van der Waals surface area contributed by atoms with E-state index in [0.29, 0.717) is 10.8 Å². The van der Waals surface area contributed by atoms with Crippen molar-refractivity contribution in [2.24, 2.45) is 0 Å². The molecular weight excluding hydrogens is 250 g/mol. The molecule has 94 valence electrons. The lowest BCUT2D eigenvalue weighted by Gasteiger charge is -2.10. The van der Waals surface area contributed by atoms with Gasteiger partial charge in [-0.05, 0) is 25.1 Å². The number of halogens is 1. The Morgan fingerprint density at radius 1 is 1.22 bits per heavy atom. The van der Waals surface area contributed by atoms with Gasteiger partial charge in [0, 0.05) is 23.7 Å². The molecule has 5 heteroatoms. The topological polar surface area (TPSA) is 47.0 Å². The average molecular weight is 264 g/mol. The Labute approximate surface area is 111 Å². The molecule has 0 saturated carbocycles. The normalized spacial score (nSPS) is 10.2. The van der Waals surface area contributed by atoms with E-state index in [-0.39, 0.29) is 0 Å². The van der Waals surface area contributed by atoms with E-state index in [1.54, 1.807) is 13.2 Å². The highest BCUT2D eigenvalue weighted by molar-refractivity contribution is 6.30. The van der Waals surface area contributed by atoms with Gasteiger partial charge < -0.3 is 10.1 Å². The van der Waals surface area contributed by atoms with Gasteiger partial charge >= 0.3 is 0 Å². The largest absolute Gasteiger partial charge is 0.496 e. The maximum atomic E-state index is 6.02. The Morgan fingerprint density at radius 2 is 2.00 bits per heavy atom. The number of hydrogen-bond acceptors (Lipinski definition) is 4. The Morgan fingerprint density at radius 3 is 2.67 bits per heavy atom. The molecule has 1 heterocycles. The summed E-state index contributed by atoms with van der Waals surface area (Å²) in [6, 6.07) is 7.31. The number of anilines is 1.